The van der Waals surface area contributed by atoms with E-state index in [1.165, 1.54) is 19.3 Å². The van der Waals surface area contributed by atoms with E-state index in [-0.39, 0.29) is 12.1 Å². The monoisotopic (exact) mass is 276 g/mol. The van der Waals surface area contributed by atoms with Crippen LogP contribution in [0.5, 0.6) is 0 Å². The Morgan fingerprint density at radius 3 is 2.60 bits per heavy atom. The van der Waals surface area contributed by atoms with E-state index >= 15 is 0 Å². The Morgan fingerprint density at radius 2 is 2.00 bits per heavy atom. The van der Waals surface area contributed by atoms with Crippen LogP contribution in [0.2, 0.25) is 0 Å². The maximum Gasteiger partial charge on any atom is 0.355 e. The Bertz CT molecular complexity index is 483. The van der Waals surface area contributed by atoms with Crippen LogP contribution in [-0.4, -0.2) is 16.6 Å². The maximum absolute atomic E-state index is 12.3. The minimum atomic E-state index is -0.200. The molecule has 2 aliphatic carbocycles. The molecule has 0 spiro atoms. The van der Waals surface area contributed by atoms with E-state index in [0.717, 1.165) is 31.6 Å². The van der Waals surface area contributed by atoms with Crippen molar-refractivity contribution in [3.05, 3.63) is 18.0 Å². The molecule has 4 nitrogen and oxygen atoms in total. The van der Waals surface area contributed by atoms with E-state index in [2.05, 4.69) is 6.92 Å². The Hall–Kier alpha value is -1.45. The normalized spacial score (nSPS) is 26.4. The fraction of sp³-hybridized carbons (Fsp3) is 0.688. The topological polar surface area (TPSA) is 57.2 Å². The molecule has 2 saturated carbocycles. The highest BCUT2D eigenvalue weighted by Crippen LogP contribution is 2.37. The van der Waals surface area contributed by atoms with E-state index in [0.29, 0.717) is 17.4 Å². The molecule has 1 aromatic heterocycles. The van der Waals surface area contributed by atoms with Gasteiger partial charge in [-0.25, -0.2) is 4.79 Å². The van der Waals surface area contributed by atoms with Crippen LogP contribution in [0.4, 0.5) is 5.69 Å². The lowest BCUT2D eigenvalue weighted by Crippen LogP contribution is -2.25. The molecule has 0 saturated heterocycles. The third-order valence-electron chi connectivity index (χ3n) is 4.66. The molecule has 1 heterocycles. The predicted octanol–water partition coefficient (Wildman–Crippen LogP) is 3.53. The van der Waals surface area contributed by atoms with Crippen molar-refractivity contribution in [1.82, 2.24) is 4.57 Å². The van der Waals surface area contributed by atoms with Crippen LogP contribution >= 0.6 is 0 Å². The average molecular weight is 276 g/mol. The third-order valence-corrected chi connectivity index (χ3v) is 4.66. The fourth-order valence-corrected chi connectivity index (χ4v) is 3.19. The van der Waals surface area contributed by atoms with Crippen molar-refractivity contribution in [3.63, 3.8) is 0 Å². The molecule has 1 aromatic rings. The summed E-state index contributed by atoms with van der Waals surface area (Å²) in [6, 6.07) is 2.20. The molecule has 0 unspecified atom stereocenters. The van der Waals surface area contributed by atoms with Gasteiger partial charge in [-0.05, 0) is 50.5 Å². The van der Waals surface area contributed by atoms with E-state index < -0.39 is 0 Å². The van der Waals surface area contributed by atoms with E-state index in [1.807, 2.05) is 10.8 Å². The number of aromatic nitrogens is 1. The quantitative estimate of drug-likeness (QED) is 0.856. The number of rotatable bonds is 4. The summed E-state index contributed by atoms with van der Waals surface area (Å²) in [5.74, 6) is 0.615. The second-order valence-corrected chi connectivity index (χ2v) is 6.25. The number of nitrogens with zero attached hydrogens (tertiary/aromatic N) is 1. The van der Waals surface area contributed by atoms with Gasteiger partial charge in [0.1, 0.15) is 11.8 Å². The molecule has 3 rings (SSSR count). The van der Waals surface area contributed by atoms with Crippen molar-refractivity contribution >= 4 is 11.7 Å². The zero-order chi connectivity index (χ0) is 14.1. The summed E-state index contributed by atoms with van der Waals surface area (Å²) in [7, 11) is 0. The number of esters is 1. The van der Waals surface area contributed by atoms with Gasteiger partial charge in [-0.3, -0.25) is 0 Å². The Labute approximate surface area is 120 Å². The third kappa shape index (κ3) is 2.84. The lowest BCUT2D eigenvalue weighted by molar-refractivity contribution is 0.0152. The first-order valence-electron chi connectivity index (χ1n) is 7.85. The number of hydrogen-bond acceptors (Lipinski definition) is 3. The number of hydrogen-bond donors (Lipinski definition) is 1. The summed E-state index contributed by atoms with van der Waals surface area (Å²) in [4.78, 5) is 12.3. The van der Waals surface area contributed by atoms with Crippen LogP contribution in [-0.2, 0) is 4.74 Å². The summed E-state index contributed by atoms with van der Waals surface area (Å²) in [5, 5.41) is 0. The van der Waals surface area contributed by atoms with Crippen LogP contribution in [0.15, 0.2) is 12.3 Å². The highest BCUT2D eigenvalue weighted by atomic mass is 16.5. The van der Waals surface area contributed by atoms with Gasteiger partial charge in [0.05, 0.1) is 5.69 Å². The number of carbonyl (C=O) groups excluding carboxylic acids is 1. The van der Waals surface area contributed by atoms with Crippen LogP contribution in [0.25, 0.3) is 0 Å². The highest BCUT2D eigenvalue weighted by Gasteiger charge is 2.30. The van der Waals surface area contributed by atoms with Crippen molar-refractivity contribution in [3.8, 4) is 0 Å². The predicted molar refractivity (Wildman–Crippen MR) is 78.6 cm³/mol. The van der Waals surface area contributed by atoms with Gasteiger partial charge in [0.2, 0.25) is 0 Å². The standard InChI is InChI=1S/C16H24N2O2/c1-2-11-3-7-14(8-4-11)20-16(19)15-9-12(17)10-18(15)13-5-6-13/h9-11,13-14H,2-8,17H2,1H3. The molecular formula is C16H24N2O2. The van der Waals surface area contributed by atoms with Crippen LogP contribution < -0.4 is 5.73 Å². The van der Waals surface area contributed by atoms with Gasteiger partial charge in [0, 0.05) is 12.2 Å². The second-order valence-electron chi connectivity index (χ2n) is 6.25. The van der Waals surface area contributed by atoms with Crippen LogP contribution in [0.1, 0.15) is 68.4 Å². The summed E-state index contributed by atoms with van der Waals surface area (Å²) < 4.78 is 7.68. The van der Waals surface area contributed by atoms with Gasteiger partial charge in [-0.1, -0.05) is 13.3 Å². The molecule has 0 radical (unpaired) electrons. The van der Waals surface area contributed by atoms with Gasteiger partial charge >= 0.3 is 5.97 Å². The minimum absolute atomic E-state index is 0.0917. The van der Waals surface area contributed by atoms with E-state index in [1.54, 1.807) is 6.07 Å². The number of carbonyl (C=O) groups is 1. The largest absolute Gasteiger partial charge is 0.458 e. The zero-order valence-corrected chi connectivity index (χ0v) is 12.2. The zero-order valence-electron chi connectivity index (χ0n) is 12.2. The second kappa shape index (κ2) is 5.51. The first-order valence-corrected chi connectivity index (χ1v) is 7.85. The molecule has 2 aliphatic rings. The van der Waals surface area contributed by atoms with Crippen LogP contribution in [0, 0.1) is 5.92 Å². The molecule has 0 aliphatic heterocycles. The Kier molecular flexibility index (Phi) is 3.72. The maximum atomic E-state index is 12.3. The molecule has 0 atom stereocenters. The molecule has 4 heteroatoms. The summed E-state index contributed by atoms with van der Waals surface area (Å²) in [5.41, 5.74) is 7.10. The first kappa shape index (κ1) is 13.5. The van der Waals surface area contributed by atoms with Crippen molar-refractivity contribution in [2.75, 3.05) is 5.73 Å². The van der Waals surface area contributed by atoms with Crippen molar-refractivity contribution in [2.24, 2.45) is 5.92 Å². The Morgan fingerprint density at radius 1 is 1.30 bits per heavy atom. The molecule has 0 amide bonds. The Balaban J connectivity index is 1.62. The highest BCUT2D eigenvalue weighted by molar-refractivity contribution is 5.89. The van der Waals surface area contributed by atoms with Gasteiger partial charge < -0.3 is 15.0 Å². The lowest BCUT2D eigenvalue weighted by Gasteiger charge is -2.27. The van der Waals surface area contributed by atoms with Crippen molar-refractivity contribution in [1.29, 1.82) is 0 Å². The number of nitrogen functional groups attached to an aromatic ring is 1. The lowest BCUT2D eigenvalue weighted by atomic mass is 9.86. The fourth-order valence-electron chi connectivity index (χ4n) is 3.19. The first-order chi connectivity index (χ1) is 9.67. The summed E-state index contributed by atoms with van der Waals surface area (Å²) in [6.45, 7) is 2.24. The molecule has 110 valence electrons. The number of anilines is 1. The molecule has 2 N–H and O–H groups in total. The summed E-state index contributed by atoms with van der Waals surface area (Å²) in [6.07, 6.45) is 9.83. The smallest absolute Gasteiger partial charge is 0.355 e. The molecule has 20 heavy (non-hydrogen) atoms. The van der Waals surface area contributed by atoms with Gasteiger partial charge in [0.25, 0.3) is 0 Å². The molecule has 2 fully saturated rings. The van der Waals surface area contributed by atoms with Gasteiger partial charge in [0.15, 0.2) is 0 Å². The molecular weight excluding hydrogens is 252 g/mol. The molecule has 0 bridgehead atoms. The number of ether oxygens (including phenoxy) is 1. The van der Waals surface area contributed by atoms with Gasteiger partial charge in [-0.15, -0.1) is 0 Å². The number of nitrogens with two attached hydrogens (primary N) is 1. The van der Waals surface area contributed by atoms with E-state index in [4.69, 9.17) is 10.5 Å². The summed E-state index contributed by atoms with van der Waals surface area (Å²) >= 11 is 0. The van der Waals surface area contributed by atoms with Crippen molar-refractivity contribution < 1.29 is 9.53 Å². The SMILES string of the molecule is CCC1CCC(OC(=O)c2cc(N)cn2C2CC2)CC1. The molecule has 0 aromatic carbocycles. The van der Waals surface area contributed by atoms with Gasteiger partial charge in [-0.2, -0.15) is 0 Å². The minimum Gasteiger partial charge on any atom is -0.458 e. The average Bonchev–Trinajstić information content (AvgIpc) is 3.22. The van der Waals surface area contributed by atoms with Crippen LogP contribution in [0.3, 0.4) is 0 Å². The van der Waals surface area contributed by atoms with E-state index in [9.17, 15) is 4.79 Å². The van der Waals surface area contributed by atoms with Crippen molar-refractivity contribution in [2.45, 2.75) is 64.0 Å².